The first-order chi connectivity index (χ1) is 12.2. The van der Waals surface area contributed by atoms with Crippen molar-refractivity contribution < 1.29 is 0 Å². The monoisotopic (exact) mass is 367 g/mol. The Hall–Kier alpha value is -2.50. The van der Waals surface area contributed by atoms with Crippen LogP contribution in [0.25, 0.3) is 22.4 Å². The Labute approximate surface area is 153 Å². The fraction of sp³-hybridized carbons (Fsp3) is 0.105. The Morgan fingerprint density at radius 2 is 1.88 bits per heavy atom. The van der Waals surface area contributed by atoms with Crippen molar-refractivity contribution in [2.45, 2.75) is 13.3 Å². The average Bonchev–Trinajstić information content (AvgIpc) is 3.17. The van der Waals surface area contributed by atoms with Gasteiger partial charge in [0, 0.05) is 5.56 Å². The Kier molecular flexibility index (Phi) is 4.11. The van der Waals surface area contributed by atoms with Crippen LogP contribution in [0.5, 0.6) is 0 Å². The van der Waals surface area contributed by atoms with Gasteiger partial charge in [-0.25, -0.2) is 4.40 Å². The lowest BCUT2D eigenvalue weighted by Crippen LogP contribution is -2.23. The second kappa shape index (κ2) is 6.43. The van der Waals surface area contributed by atoms with Gasteiger partial charge < -0.3 is 0 Å². The van der Waals surface area contributed by atoms with Crippen LogP contribution in [-0.4, -0.2) is 14.6 Å². The van der Waals surface area contributed by atoms with Gasteiger partial charge in [0.1, 0.15) is 0 Å². The predicted molar refractivity (Wildman–Crippen MR) is 102 cm³/mol. The maximum atomic E-state index is 12.8. The highest BCUT2D eigenvalue weighted by molar-refractivity contribution is 7.15. The third-order valence-corrected chi connectivity index (χ3v) is 5.34. The molecule has 4 aromatic rings. The lowest BCUT2D eigenvalue weighted by Gasteiger charge is -1.99. The molecule has 0 aliphatic heterocycles. The van der Waals surface area contributed by atoms with Gasteiger partial charge in [0.15, 0.2) is 5.82 Å². The molecule has 4 nitrogen and oxygen atoms in total. The van der Waals surface area contributed by atoms with E-state index in [4.69, 9.17) is 11.6 Å². The summed E-state index contributed by atoms with van der Waals surface area (Å²) >= 11 is 7.57. The molecule has 2 aromatic carbocycles. The van der Waals surface area contributed by atoms with Crippen LogP contribution < -0.4 is 10.1 Å². The minimum Gasteiger partial charge on any atom is -0.267 e. The van der Waals surface area contributed by atoms with Gasteiger partial charge in [-0.3, -0.25) is 4.79 Å². The highest BCUT2D eigenvalue weighted by Crippen LogP contribution is 2.25. The lowest BCUT2D eigenvalue weighted by molar-refractivity contribution is 1.09. The van der Waals surface area contributed by atoms with E-state index in [1.807, 2.05) is 36.4 Å². The molecule has 4 rings (SSSR count). The molecule has 0 amide bonds. The molecule has 124 valence electrons. The smallest absolute Gasteiger partial charge is 0.267 e. The van der Waals surface area contributed by atoms with E-state index in [1.165, 1.54) is 21.3 Å². The van der Waals surface area contributed by atoms with Crippen molar-refractivity contribution >= 4 is 34.0 Å². The van der Waals surface area contributed by atoms with Gasteiger partial charge in [0.2, 0.25) is 4.96 Å². The van der Waals surface area contributed by atoms with Gasteiger partial charge in [-0.1, -0.05) is 66.3 Å². The normalized spacial score (nSPS) is 12.2. The number of aromatic nitrogens is 3. The first-order valence-electron chi connectivity index (χ1n) is 7.91. The van der Waals surface area contributed by atoms with Crippen molar-refractivity contribution in [3.05, 3.63) is 79.6 Å². The van der Waals surface area contributed by atoms with Gasteiger partial charge in [-0.2, -0.15) is 0 Å². The maximum absolute atomic E-state index is 12.8. The van der Waals surface area contributed by atoms with Crippen LogP contribution in [0, 0.1) is 0 Å². The third-order valence-electron chi connectivity index (χ3n) is 4.05. The zero-order valence-corrected chi connectivity index (χ0v) is 15.0. The maximum Gasteiger partial charge on any atom is 0.276 e. The molecule has 25 heavy (non-hydrogen) atoms. The number of thiazole rings is 1. The summed E-state index contributed by atoms with van der Waals surface area (Å²) in [5.74, 6) is 0.475. The topological polar surface area (TPSA) is 47.3 Å². The summed E-state index contributed by atoms with van der Waals surface area (Å²) in [4.78, 5) is 13.4. The summed E-state index contributed by atoms with van der Waals surface area (Å²) in [6.07, 6.45) is 2.88. The van der Waals surface area contributed by atoms with Crippen molar-refractivity contribution in [2.24, 2.45) is 0 Å². The molecular weight excluding hydrogens is 354 g/mol. The summed E-state index contributed by atoms with van der Waals surface area (Å²) in [6, 6.07) is 15.5. The van der Waals surface area contributed by atoms with E-state index in [0.717, 1.165) is 12.0 Å². The lowest BCUT2D eigenvalue weighted by atomic mass is 10.1. The molecule has 0 bridgehead atoms. The highest BCUT2D eigenvalue weighted by Gasteiger charge is 2.15. The number of hydrogen-bond acceptors (Lipinski definition) is 4. The van der Waals surface area contributed by atoms with E-state index in [1.54, 1.807) is 6.07 Å². The van der Waals surface area contributed by atoms with Crippen molar-refractivity contribution in [1.82, 2.24) is 14.6 Å². The van der Waals surface area contributed by atoms with E-state index in [0.29, 0.717) is 25.9 Å². The van der Waals surface area contributed by atoms with Gasteiger partial charge in [0.05, 0.1) is 9.55 Å². The van der Waals surface area contributed by atoms with Crippen molar-refractivity contribution in [3.63, 3.8) is 0 Å². The zero-order valence-electron chi connectivity index (χ0n) is 13.4. The van der Waals surface area contributed by atoms with Crippen LogP contribution >= 0.6 is 22.9 Å². The van der Waals surface area contributed by atoms with Crippen LogP contribution in [0.15, 0.2) is 53.3 Å². The fourth-order valence-electron chi connectivity index (χ4n) is 2.68. The molecule has 0 aliphatic rings. The molecule has 0 N–H and O–H groups in total. The minimum absolute atomic E-state index is 0.125. The highest BCUT2D eigenvalue weighted by atomic mass is 35.5. The summed E-state index contributed by atoms with van der Waals surface area (Å²) in [6.45, 7) is 2.12. The number of benzene rings is 2. The van der Waals surface area contributed by atoms with Crippen LogP contribution in [0.1, 0.15) is 18.1 Å². The Bertz CT molecular complexity index is 1160. The van der Waals surface area contributed by atoms with E-state index in [-0.39, 0.29) is 5.56 Å². The van der Waals surface area contributed by atoms with Gasteiger partial charge in [-0.15, -0.1) is 10.2 Å². The second-order valence-electron chi connectivity index (χ2n) is 5.63. The molecule has 0 aliphatic carbocycles. The van der Waals surface area contributed by atoms with Gasteiger partial charge in [0.25, 0.3) is 5.56 Å². The first-order valence-corrected chi connectivity index (χ1v) is 9.10. The van der Waals surface area contributed by atoms with Gasteiger partial charge in [-0.05, 0) is 35.8 Å². The van der Waals surface area contributed by atoms with E-state index < -0.39 is 0 Å². The van der Waals surface area contributed by atoms with Crippen molar-refractivity contribution in [1.29, 1.82) is 0 Å². The van der Waals surface area contributed by atoms with Gasteiger partial charge >= 0.3 is 0 Å². The first kappa shape index (κ1) is 16.0. The van der Waals surface area contributed by atoms with E-state index in [9.17, 15) is 4.79 Å². The summed E-state index contributed by atoms with van der Waals surface area (Å²) < 4.78 is 2.15. The largest absolute Gasteiger partial charge is 0.276 e. The zero-order chi connectivity index (χ0) is 17.4. The Balaban J connectivity index is 1.88. The summed E-state index contributed by atoms with van der Waals surface area (Å²) in [5, 5.41) is 8.83. The van der Waals surface area contributed by atoms with Crippen molar-refractivity contribution in [3.8, 4) is 11.4 Å². The molecule has 0 atom stereocenters. The molecule has 0 spiro atoms. The summed E-state index contributed by atoms with van der Waals surface area (Å²) in [5.41, 5.74) is 2.83. The molecule has 2 aromatic heterocycles. The number of aryl methyl sites for hydroxylation is 1. The summed E-state index contributed by atoms with van der Waals surface area (Å²) in [7, 11) is 0. The molecule has 2 heterocycles. The molecule has 0 unspecified atom stereocenters. The van der Waals surface area contributed by atoms with E-state index >= 15 is 0 Å². The molecule has 6 heteroatoms. The minimum atomic E-state index is -0.125. The standard InChI is InChI=1S/C19H14ClN3OS/c1-2-12-7-9-13(10-8-12)11-16-18(24)23-17(21-22-19(23)25-16)14-5-3-4-6-15(14)20/h3-11H,2H2,1H3. The second-order valence-corrected chi connectivity index (χ2v) is 7.05. The average molecular weight is 368 g/mol. The Morgan fingerprint density at radius 3 is 2.60 bits per heavy atom. The third kappa shape index (κ3) is 2.86. The van der Waals surface area contributed by atoms with Crippen LogP contribution in [0.3, 0.4) is 0 Å². The number of nitrogens with zero attached hydrogens (tertiary/aromatic N) is 3. The molecule has 0 fully saturated rings. The molecule has 0 radical (unpaired) electrons. The molecule has 0 saturated heterocycles. The molecule has 0 saturated carbocycles. The van der Waals surface area contributed by atoms with Crippen molar-refractivity contribution in [2.75, 3.05) is 0 Å². The van der Waals surface area contributed by atoms with Crippen LogP contribution in [-0.2, 0) is 6.42 Å². The SMILES string of the molecule is CCc1ccc(C=c2sc3nnc(-c4ccccc4Cl)n3c2=O)cc1. The Morgan fingerprint density at radius 1 is 1.12 bits per heavy atom. The number of fused-ring (bicyclic) bond motifs is 1. The quantitative estimate of drug-likeness (QED) is 0.556. The predicted octanol–water partition coefficient (Wildman–Crippen LogP) is 3.58. The molecular formula is C19H14ClN3OS. The van der Waals surface area contributed by atoms with E-state index in [2.05, 4.69) is 29.3 Å². The van der Waals surface area contributed by atoms with Crippen LogP contribution in [0.4, 0.5) is 0 Å². The fourth-order valence-corrected chi connectivity index (χ4v) is 3.81. The number of halogens is 1. The number of hydrogen-bond donors (Lipinski definition) is 0. The van der Waals surface area contributed by atoms with Crippen LogP contribution in [0.2, 0.25) is 5.02 Å². The number of rotatable bonds is 3.